The molecule has 2 N–H and O–H groups in total. The van der Waals surface area contributed by atoms with E-state index >= 15 is 0 Å². The Morgan fingerprint density at radius 2 is 1.94 bits per heavy atom. The molecule has 11 heteroatoms. The van der Waals surface area contributed by atoms with Crippen molar-refractivity contribution in [1.29, 1.82) is 0 Å². The number of carbonyl (C=O) groups is 2. The third kappa shape index (κ3) is 4.52. The molecule has 8 nitrogen and oxygen atoms in total. The van der Waals surface area contributed by atoms with Gasteiger partial charge in [0.25, 0.3) is 11.5 Å². The number of amides is 1. The first kappa shape index (κ1) is 23.1. The molecule has 0 fully saturated rings. The number of carboxylic acids is 1. The summed E-state index contributed by atoms with van der Waals surface area (Å²) in [4.78, 5) is 40.9. The van der Waals surface area contributed by atoms with Crippen LogP contribution >= 0.6 is 15.9 Å². The van der Waals surface area contributed by atoms with Gasteiger partial charge in [0.1, 0.15) is 28.5 Å². The summed E-state index contributed by atoms with van der Waals surface area (Å²) in [5, 5.41) is 12.0. The Bertz CT molecular complexity index is 1290. The minimum atomic E-state index is -1.31. The highest BCUT2D eigenvalue weighted by Crippen LogP contribution is 2.24. The average Bonchev–Trinajstić information content (AvgIpc) is 2.75. The molecule has 166 valence electrons. The maximum Gasteiger partial charge on any atom is 0.337 e. The van der Waals surface area contributed by atoms with E-state index < -0.39 is 29.1 Å². The number of carbonyl (C=O) groups excluding carboxylic acids is 1. The van der Waals surface area contributed by atoms with Gasteiger partial charge in [0.05, 0.1) is 11.3 Å². The van der Waals surface area contributed by atoms with E-state index in [2.05, 4.69) is 26.2 Å². The predicted molar refractivity (Wildman–Crippen MR) is 113 cm³/mol. The fourth-order valence-corrected chi connectivity index (χ4v) is 3.31. The molecule has 1 aromatic heterocycles. The molecule has 1 amide bonds. The number of rotatable bonds is 6. The number of nitrogens with one attached hydrogen (secondary N) is 1. The predicted octanol–water partition coefficient (Wildman–Crippen LogP) is 3.22. The number of halogens is 3. The third-order valence-corrected chi connectivity index (χ3v) is 5.18. The number of benzene rings is 2. The first-order chi connectivity index (χ1) is 15.1. The van der Waals surface area contributed by atoms with Crippen molar-refractivity contribution in [3.63, 3.8) is 0 Å². The topological polar surface area (TPSA) is 111 Å². The first-order valence-corrected chi connectivity index (χ1v) is 9.89. The van der Waals surface area contributed by atoms with Gasteiger partial charge in [-0.3, -0.25) is 14.2 Å². The second-order valence-corrected chi connectivity index (χ2v) is 7.35. The lowest BCUT2D eigenvalue weighted by atomic mass is 10.1. The Morgan fingerprint density at radius 1 is 1.22 bits per heavy atom. The number of hydrogen-bond donors (Lipinski definition) is 2. The number of nitrogens with zero attached hydrogens (tertiary/aromatic N) is 2. The van der Waals surface area contributed by atoms with Gasteiger partial charge in [-0.1, -0.05) is 0 Å². The van der Waals surface area contributed by atoms with Gasteiger partial charge in [-0.05, 0) is 53.2 Å². The van der Waals surface area contributed by atoms with Crippen molar-refractivity contribution < 1.29 is 28.2 Å². The molecule has 0 atom stereocenters. The number of aromatic nitrogens is 2. The van der Waals surface area contributed by atoms with Crippen molar-refractivity contribution in [1.82, 2.24) is 14.9 Å². The summed E-state index contributed by atoms with van der Waals surface area (Å²) in [6.45, 7) is 1.12. The highest BCUT2D eigenvalue weighted by Gasteiger charge is 2.21. The zero-order valence-electron chi connectivity index (χ0n) is 16.8. The Labute approximate surface area is 188 Å². The van der Waals surface area contributed by atoms with E-state index in [1.165, 1.54) is 38.2 Å². The lowest BCUT2D eigenvalue weighted by Gasteiger charge is -2.16. The molecule has 0 unspecified atom stereocenters. The van der Waals surface area contributed by atoms with Crippen LogP contribution in [0.2, 0.25) is 0 Å². The van der Waals surface area contributed by atoms with Gasteiger partial charge in [-0.15, -0.1) is 0 Å². The molecule has 32 heavy (non-hydrogen) atoms. The van der Waals surface area contributed by atoms with Crippen LogP contribution < -0.4 is 15.6 Å². The second-order valence-electron chi connectivity index (χ2n) is 6.56. The molecule has 3 rings (SSSR count). The van der Waals surface area contributed by atoms with E-state index in [9.17, 15) is 28.3 Å². The Hall–Kier alpha value is -3.60. The van der Waals surface area contributed by atoms with Crippen molar-refractivity contribution in [2.24, 2.45) is 0 Å². The molecule has 0 aliphatic rings. The monoisotopic (exact) mass is 507 g/mol. The van der Waals surface area contributed by atoms with Gasteiger partial charge >= 0.3 is 5.97 Å². The lowest BCUT2D eigenvalue weighted by molar-refractivity contribution is 0.0696. The molecule has 2 aromatic carbocycles. The fourth-order valence-electron chi connectivity index (χ4n) is 2.93. The van der Waals surface area contributed by atoms with Gasteiger partial charge in [0.2, 0.25) is 5.88 Å². The number of aryl methyl sites for hydroxylation is 1. The molecule has 0 spiro atoms. The van der Waals surface area contributed by atoms with Gasteiger partial charge < -0.3 is 15.2 Å². The molecule has 1 heterocycles. The zero-order chi connectivity index (χ0) is 23.6. The van der Waals surface area contributed by atoms with Crippen molar-refractivity contribution in [2.75, 3.05) is 7.05 Å². The Balaban J connectivity index is 2.07. The highest BCUT2D eigenvalue weighted by molar-refractivity contribution is 9.10. The quantitative estimate of drug-likeness (QED) is 0.529. The minimum Gasteiger partial charge on any atom is -0.478 e. The third-order valence-electron chi connectivity index (χ3n) is 4.50. The normalized spacial score (nSPS) is 10.7. The van der Waals surface area contributed by atoms with E-state index in [1.807, 2.05) is 0 Å². The molecule has 0 bridgehead atoms. The average molecular weight is 508 g/mol. The molecule has 3 aromatic rings. The van der Waals surface area contributed by atoms with E-state index in [-0.39, 0.29) is 45.2 Å². The summed E-state index contributed by atoms with van der Waals surface area (Å²) in [5.41, 5.74) is -0.803. The van der Waals surface area contributed by atoms with E-state index in [4.69, 9.17) is 4.74 Å². The van der Waals surface area contributed by atoms with Crippen molar-refractivity contribution in [3.8, 4) is 11.6 Å². The Morgan fingerprint density at radius 3 is 2.56 bits per heavy atom. The van der Waals surface area contributed by atoms with Crippen LogP contribution in [0.1, 0.15) is 32.1 Å². The van der Waals surface area contributed by atoms with Crippen molar-refractivity contribution in [2.45, 2.75) is 13.5 Å². The largest absolute Gasteiger partial charge is 0.478 e. The van der Waals surface area contributed by atoms with E-state index in [0.29, 0.717) is 6.07 Å². The molecule has 0 aliphatic heterocycles. The smallest absolute Gasteiger partial charge is 0.337 e. The molecule has 0 saturated carbocycles. The number of carboxylic acid groups (broad SMARTS) is 1. The maximum atomic E-state index is 13.8. The van der Waals surface area contributed by atoms with Crippen LogP contribution in [0.3, 0.4) is 0 Å². The molecule has 0 saturated heterocycles. The zero-order valence-corrected chi connectivity index (χ0v) is 18.4. The van der Waals surface area contributed by atoms with Crippen molar-refractivity contribution >= 4 is 27.8 Å². The molecule has 0 radical (unpaired) electrons. The van der Waals surface area contributed by atoms with Gasteiger partial charge in [-0.2, -0.15) is 4.98 Å². The summed E-state index contributed by atoms with van der Waals surface area (Å²) in [6.07, 6.45) is 0. The summed E-state index contributed by atoms with van der Waals surface area (Å²) >= 11 is 3.09. The molecule has 0 aliphatic carbocycles. The minimum absolute atomic E-state index is 0.0494. The van der Waals surface area contributed by atoms with Crippen LogP contribution in [0.4, 0.5) is 8.78 Å². The molecular formula is C21H16BrF2N3O5. The first-order valence-electron chi connectivity index (χ1n) is 9.09. The number of ether oxygens (including phenoxy) is 1. The van der Waals surface area contributed by atoms with Gasteiger partial charge in [0, 0.05) is 24.2 Å². The highest BCUT2D eigenvalue weighted by atomic mass is 79.9. The summed E-state index contributed by atoms with van der Waals surface area (Å²) < 4.78 is 33.2. The van der Waals surface area contributed by atoms with Crippen LogP contribution in [0.15, 0.2) is 45.7 Å². The number of aromatic carboxylic acids is 1. The number of hydrogen-bond acceptors (Lipinski definition) is 5. The van der Waals surface area contributed by atoms with Crippen molar-refractivity contribution in [3.05, 3.63) is 85.4 Å². The van der Waals surface area contributed by atoms with Crippen LogP contribution in [0, 0.1) is 18.6 Å². The second kappa shape index (κ2) is 9.27. The summed E-state index contributed by atoms with van der Waals surface area (Å²) in [6, 6.07) is 6.78. The van der Waals surface area contributed by atoms with Crippen LogP contribution in [0.5, 0.6) is 5.88 Å². The molecular weight excluding hydrogens is 492 g/mol. The van der Waals surface area contributed by atoms with Crippen LogP contribution in [0.25, 0.3) is 5.69 Å². The SMILES string of the molecule is CNC(=O)c1ccc(C(=O)O)c(-n2c(C)nc(OCc3ccc(F)cc3F)c(Br)c2=O)c1. The van der Waals surface area contributed by atoms with Crippen LogP contribution in [-0.4, -0.2) is 33.6 Å². The van der Waals surface area contributed by atoms with Gasteiger partial charge in [-0.25, -0.2) is 13.6 Å². The standard InChI is InChI=1S/C21H16BrF2N3O5/c1-10-26-19(32-9-12-3-5-13(23)8-15(12)24)17(22)20(29)27(10)16-7-11(18(28)25-2)4-6-14(16)21(30)31/h3-8H,9H2,1-2H3,(H,25,28)(H,30,31). The van der Waals surface area contributed by atoms with E-state index in [1.54, 1.807) is 0 Å². The summed E-state index contributed by atoms with van der Waals surface area (Å²) in [7, 11) is 1.42. The maximum absolute atomic E-state index is 13.8. The Kier molecular flexibility index (Phi) is 6.68. The van der Waals surface area contributed by atoms with Crippen LogP contribution in [-0.2, 0) is 6.61 Å². The summed E-state index contributed by atoms with van der Waals surface area (Å²) in [5.74, 6) is -3.43. The van der Waals surface area contributed by atoms with E-state index in [0.717, 1.165) is 10.6 Å². The fraction of sp³-hybridized carbons (Fsp3) is 0.143. The van der Waals surface area contributed by atoms with Gasteiger partial charge in [0.15, 0.2) is 0 Å². The lowest BCUT2D eigenvalue weighted by Crippen LogP contribution is -2.26.